The smallest absolute Gasteiger partial charge is 0.382 e. The average Bonchev–Trinajstić information content (AvgIpc) is 3.15. The molecule has 1 atom stereocenters. The molecular weight excluding hydrogens is 415 g/mol. The molecule has 0 bridgehead atoms. The summed E-state index contributed by atoms with van der Waals surface area (Å²) in [7, 11) is 0. The summed E-state index contributed by atoms with van der Waals surface area (Å²) in [4.78, 5) is 34.7. The Morgan fingerprint density at radius 2 is 1.87 bits per heavy atom. The molecule has 3 aromatic rings. The summed E-state index contributed by atoms with van der Waals surface area (Å²) in [5.41, 5.74) is 5.26. The SMILES string of the molecule is C[C@H]1CN(c2ccc(C(F)(F)F)cc2)C(=O)c2c(NC(=O)c3nccnc3N)cnn21. The van der Waals surface area contributed by atoms with Crippen LogP contribution >= 0.6 is 0 Å². The van der Waals surface area contributed by atoms with Crippen LogP contribution in [0.15, 0.2) is 42.9 Å². The lowest BCUT2D eigenvalue weighted by atomic mass is 10.1. The number of nitrogens with one attached hydrogen (secondary N) is 1. The lowest BCUT2D eigenvalue weighted by Gasteiger charge is -2.32. The molecule has 1 aliphatic rings. The van der Waals surface area contributed by atoms with E-state index in [2.05, 4.69) is 20.4 Å². The molecule has 4 rings (SSSR count). The number of carbonyl (C=O) groups is 2. The molecular formula is C19H16F3N7O2. The van der Waals surface area contributed by atoms with Crippen molar-refractivity contribution in [1.82, 2.24) is 19.7 Å². The van der Waals surface area contributed by atoms with Crippen LogP contribution in [-0.2, 0) is 6.18 Å². The van der Waals surface area contributed by atoms with E-state index in [1.165, 1.54) is 40.3 Å². The zero-order valence-corrected chi connectivity index (χ0v) is 16.1. The van der Waals surface area contributed by atoms with Gasteiger partial charge in [0.1, 0.15) is 0 Å². The minimum absolute atomic E-state index is 0.0767. The summed E-state index contributed by atoms with van der Waals surface area (Å²) in [6.45, 7) is 2.00. The van der Waals surface area contributed by atoms with Crippen molar-refractivity contribution in [2.75, 3.05) is 22.5 Å². The Kier molecular flexibility index (Phi) is 4.84. The van der Waals surface area contributed by atoms with Gasteiger partial charge in [0, 0.05) is 24.6 Å². The van der Waals surface area contributed by atoms with Crippen molar-refractivity contribution in [1.29, 1.82) is 0 Å². The summed E-state index contributed by atoms with van der Waals surface area (Å²) in [6, 6.07) is 4.01. The number of nitrogens with two attached hydrogens (primary N) is 1. The molecule has 0 fully saturated rings. The minimum Gasteiger partial charge on any atom is -0.382 e. The highest BCUT2D eigenvalue weighted by atomic mass is 19.4. The van der Waals surface area contributed by atoms with Crippen molar-refractivity contribution in [2.24, 2.45) is 0 Å². The Labute approximate surface area is 173 Å². The number of aromatic nitrogens is 4. The van der Waals surface area contributed by atoms with E-state index < -0.39 is 23.6 Å². The first kappa shape index (κ1) is 20.3. The largest absolute Gasteiger partial charge is 0.416 e. The van der Waals surface area contributed by atoms with Crippen LogP contribution in [0.5, 0.6) is 0 Å². The van der Waals surface area contributed by atoms with Crippen molar-refractivity contribution in [3.63, 3.8) is 0 Å². The third kappa shape index (κ3) is 3.67. The predicted octanol–water partition coefficient (Wildman–Crippen LogP) is 2.75. The Hall–Kier alpha value is -3.96. The molecule has 0 spiro atoms. The number of alkyl halides is 3. The number of hydrogen-bond donors (Lipinski definition) is 2. The maximum atomic E-state index is 13.2. The van der Waals surface area contributed by atoms with Gasteiger partial charge in [0.2, 0.25) is 0 Å². The fraction of sp³-hybridized carbons (Fsp3) is 0.211. The van der Waals surface area contributed by atoms with Crippen LogP contribution in [0.2, 0.25) is 0 Å². The Morgan fingerprint density at radius 1 is 1.19 bits per heavy atom. The Bertz CT molecular complexity index is 1160. The third-order valence-corrected chi connectivity index (χ3v) is 4.80. The molecule has 0 saturated heterocycles. The quantitative estimate of drug-likeness (QED) is 0.658. The molecule has 12 heteroatoms. The molecule has 2 amide bonds. The van der Waals surface area contributed by atoms with E-state index in [0.29, 0.717) is 5.69 Å². The van der Waals surface area contributed by atoms with Crippen molar-refractivity contribution in [2.45, 2.75) is 19.1 Å². The van der Waals surface area contributed by atoms with Gasteiger partial charge >= 0.3 is 6.18 Å². The Balaban J connectivity index is 1.64. The number of benzene rings is 1. The summed E-state index contributed by atoms with van der Waals surface area (Å²) < 4.78 is 40.0. The molecule has 1 aromatic carbocycles. The monoisotopic (exact) mass is 431 g/mol. The number of carbonyl (C=O) groups excluding carboxylic acids is 2. The fourth-order valence-corrected chi connectivity index (χ4v) is 3.31. The second-order valence-electron chi connectivity index (χ2n) is 6.91. The molecule has 0 saturated carbocycles. The summed E-state index contributed by atoms with van der Waals surface area (Å²) in [5.74, 6) is -1.27. The first-order chi connectivity index (χ1) is 14.7. The molecule has 1 aliphatic heterocycles. The van der Waals surface area contributed by atoms with Gasteiger partial charge in [0.25, 0.3) is 11.8 Å². The number of rotatable bonds is 3. The highest BCUT2D eigenvalue weighted by molar-refractivity contribution is 6.13. The van der Waals surface area contributed by atoms with Gasteiger partial charge in [-0.05, 0) is 31.2 Å². The molecule has 0 radical (unpaired) electrons. The van der Waals surface area contributed by atoms with E-state index in [1.54, 1.807) is 6.92 Å². The predicted molar refractivity (Wildman–Crippen MR) is 104 cm³/mol. The number of nitrogen functional groups attached to an aromatic ring is 1. The lowest BCUT2D eigenvalue weighted by Crippen LogP contribution is -2.43. The van der Waals surface area contributed by atoms with Crippen LogP contribution in [0.25, 0.3) is 0 Å². The van der Waals surface area contributed by atoms with Crippen molar-refractivity contribution < 1.29 is 22.8 Å². The summed E-state index contributed by atoms with van der Waals surface area (Å²) >= 11 is 0. The van der Waals surface area contributed by atoms with Crippen molar-refractivity contribution in [3.8, 4) is 0 Å². The van der Waals surface area contributed by atoms with Crippen LogP contribution < -0.4 is 16.0 Å². The summed E-state index contributed by atoms with van der Waals surface area (Å²) in [6.07, 6.45) is -0.514. The molecule has 3 N–H and O–H groups in total. The summed E-state index contributed by atoms with van der Waals surface area (Å²) in [5, 5.41) is 6.73. The second-order valence-corrected chi connectivity index (χ2v) is 6.91. The fourth-order valence-electron chi connectivity index (χ4n) is 3.31. The van der Waals surface area contributed by atoms with E-state index in [-0.39, 0.29) is 35.5 Å². The Morgan fingerprint density at radius 3 is 2.52 bits per heavy atom. The van der Waals surface area contributed by atoms with E-state index in [4.69, 9.17) is 5.73 Å². The molecule has 9 nitrogen and oxygen atoms in total. The van der Waals surface area contributed by atoms with Gasteiger partial charge < -0.3 is 16.0 Å². The molecule has 2 aromatic heterocycles. The first-order valence-electron chi connectivity index (χ1n) is 9.11. The van der Waals surface area contributed by atoms with Crippen molar-refractivity contribution in [3.05, 3.63) is 59.8 Å². The number of amides is 2. The molecule has 160 valence electrons. The molecule has 31 heavy (non-hydrogen) atoms. The maximum Gasteiger partial charge on any atom is 0.416 e. The number of fused-ring (bicyclic) bond motifs is 1. The van der Waals surface area contributed by atoms with Crippen molar-refractivity contribution >= 4 is 29.0 Å². The van der Waals surface area contributed by atoms with Crippen LogP contribution in [-0.4, -0.2) is 38.1 Å². The van der Waals surface area contributed by atoms with E-state index in [9.17, 15) is 22.8 Å². The van der Waals surface area contributed by atoms with E-state index in [0.717, 1.165) is 12.1 Å². The second kappa shape index (κ2) is 7.38. The standard InChI is InChI=1S/C19H16F3N7O2/c1-10-9-28(12-4-2-11(3-5-12)19(20,21)22)18(31)15-13(8-26-29(10)15)27-17(30)14-16(23)25-7-6-24-14/h2-8,10H,9H2,1H3,(H2,23,25)(H,27,30)/t10-/m0/s1. The topological polar surface area (TPSA) is 119 Å². The number of halogens is 3. The van der Waals surface area contributed by atoms with Gasteiger partial charge in [0.15, 0.2) is 17.2 Å². The minimum atomic E-state index is -4.48. The molecule has 3 heterocycles. The van der Waals surface area contributed by atoms with E-state index in [1.807, 2.05) is 0 Å². The first-order valence-corrected chi connectivity index (χ1v) is 9.11. The van der Waals surface area contributed by atoms with Crippen LogP contribution in [0.1, 0.15) is 39.5 Å². The lowest BCUT2D eigenvalue weighted by molar-refractivity contribution is -0.137. The van der Waals surface area contributed by atoms with Gasteiger partial charge in [-0.15, -0.1) is 0 Å². The molecule has 0 unspecified atom stereocenters. The molecule has 0 aliphatic carbocycles. The van der Waals surface area contributed by atoms with Crippen LogP contribution in [0, 0.1) is 0 Å². The van der Waals surface area contributed by atoms with Gasteiger partial charge in [-0.25, -0.2) is 9.97 Å². The number of anilines is 3. The van der Waals surface area contributed by atoms with E-state index >= 15 is 0 Å². The van der Waals surface area contributed by atoms with Gasteiger partial charge in [-0.1, -0.05) is 0 Å². The normalized spacial score (nSPS) is 16.2. The zero-order valence-electron chi connectivity index (χ0n) is 16.1. The van der Waals surface area contributed by atoms with Gasteiger partial charge in [-0.3, -0.25) is 14.3 Å². The maximum absolute atomic E-state index is 13.2. The van der Waals surface area contributed by atoms with Crippen LogP contribution in [0.3, 0.4) is 0 Å². The highest BCUT2D eigenvalue weighted by Gasteiger charge is 2.35. The third-order valence-electron chi connectivity index (χ3n) is 4.80. The van der Waals surface area contributed by atoms with Crippen LogP contribution in [0.4, 0.5) is 30.4 Å². The average molecular weight is 431 g/mol. The van der Waals surface area contributed by atoms with Gasteiger partial charge in [0.05, 0.1) is 23.5 Å². The van der Waals surface area contributed by atoms with Gasteiger partial charge in [-0.2, -0.15) is 18.3 Å². The number of nitrogens with zero attached hydrogens (tertiary/aromatic N) is 5. The highest BCUT2D eigenvalue weighted by Crippen LogP contribution is 2.33. The number of hydrogen-bond acceptors (Lipinski definition) is 6. The zero-order chi connectivity index (χ0) is 22.3.